The van der Waals surface area contributed by atoms with Crippen molar-refractivity contribution in [1.82, 2.24) is 29.7 Å². The summed E-state index contributed by atoms with van der Waals surface area (Å²) in [4.78, 5) is 16.9. The molecule has 0 radical (unpaired) electrons. The minimum Gasteiger partial charge on any atom is -0.393 e. The third kappa shape index (κ3) is 3.26. The third-order valence-corrected chi connectivity index (χ3v) is 3.61. The molecule has 0 bridgehead atoms. The Kier molecular flexibility index (Phi) is 4.42. The van der Waals surface area contributed by atoms with E-state index in [-0.39, 0.29) is 12.0 Å². The zero-order valence-corrected chi connectivity index (χ0v) is 13.1. The fraction of sp³-hybridized carbons (Fsp3) is 0.400. The second-order valence-electron chi connectivity index (χ2n) is 5.59. The molecule has 0 amide bonds. The van der Waals surface area contributed by atoms with E-state index in [0.29, 0.717) is 30.4 Å². The van der Waals surface area contributed by atoms with Gasteiger partial charge in [-0.2, -0.15) is 9.78 Å². The van der Waals surface area contributed by atoms with Crippen molar-refractivity contribution in [3.05, 3.63) is 31.0 Å². The average Bonchev–Trinajstić information content (AvgIpc) is 3.00. The Morgan fingerprint density at radius 2 is 1.96 bits per heavy atom. The van der Waals surface area contributed by atoms with E-state index in [4.69, 9.17) is 0 Å². The molecule has 3 aromatic rings. The first-order chi connectivity index (χ1) is 11.2. The lowest BCUT2D eigenvalue weighted by Gasteiger charge is -2.14. The smallest absolute Gasteiger partial charge is 0.252 e. The highest BCUT2D eigenvalue weighted by molar-refractivity contribution is 5.86. The molecule has 0 saturated carbocycles. The average molecular weight is 313 g/mol. The molecule has 1 unspecified atom stereocenters. The summed E-state index contributed by atoms with van der Waals surface area (Å²) < 4.78 is 1.57. The predicted octanol–water partition coefficient (Wildman–Crippen LogP) is 1.42. The number of aromatic nitrogens is 6. The van der Waals surface area contributed by atoms with Crippen molar-refractivity contribution in [2.75, 3.05) is 11.9 Å². The molecular weight excluding hydrogens is 294 g/mol. The number of aliphatic hydroxyl groups excluding tert-OH is 1. The van der Waals surface area contributed by atoms with Crippen molar-refractivity contribution >= 4 is 16.9 Å². The van der Waals surface area contributed by atoms with E-state index in [9.17, 15) is 5.11 Å². The lowest BCUT2D eigenvalue weighted by molar-refractivity contribution is 0.120. The summed E-state index contributed by atoms with van der Waals surface area (Å²) in [6.45, 7) is 4.62. The number of anilines is 1. The summed E-state index contributed by atoms with van der Waals surface area (Å²) in [5.74, 6) is 1.38. The van der Waals surface area contributed by atoms with E-state index >= 15 is 0 Å². The fourth-order valence-corrected chi connectivity index (χ4v) is 2.20. The largest absolute Gasteiger partial charge is 0.393 e. The van der Waals surface area contributed by atoms with Crippen molar-refractivity contribution in [2.45, 2.75) is 26.4 Å². The van der Waals surface area contributed by atoms with Crippen LogP contribution in [0.2, 0.25) is 0 Å². The van der Waals surface area contributed by atoms with E-state index in [0.717, 1.165) is 5.39 Å². The van der Waals surface area contributed by atoms with Gasteiger partial charge in [0.1, 0.15) is 12.1 Å². The van der Waals surface area contributed by atoms with Gasteiger partial charge in [-0.05, 0) is 18.4 Å². The van der Waals surface area contributed by atoms with Crippen LogP contribution in [0.3, 0.4) is 0 Å². The number of nitrogens with zero attached hydrogens (tertiary/aromatic N) is 6. The van der Waals surface area contributed by atoms with Gasteiger partial charge < -0.3 is 10.4 Å². The molecule has 2 N–H and O–H groups in total. The number of rotatable bonds is 6. The van der Waals surface area contributed by atoms with Gasteiger partial charge in [0, 0.05) is 18.9 Å². The monoisotopic (exact) mass is 313 g/mol. The Balaban J connectivity index is 1.82. The van der Waals surface area contributed by atoms with Crippen LogP contribution in [0, 0.1) is 5.92 Å². The molecule has 0 fully saturated rings. The van der Waals surface area contributed by atoms with Crippen LogP contribution in [-0.2, 0) is 0 Å². The van der Waals surface area contributed by atoms with Crippen LogP contribution in [-0.4, -0.2) is 47.5 Å². The number of fused-ring (bicyclic) bond motifs is 1. The Labute approximate surface area is 133 Å². The first-order valence-corrected chi connectivity index (χ1v) is 7.55. The van der Waals surface area contributed by atoms with E-state index in [1.54, 1.807) is 29.3 Å². The van der Waals surface area contributed by atoms with Crippen molar-refractivity contribution in [2.24, 2.45) is 5.92 Å². The molecule has 0 saturated heterocycles. The molecule has 1 atom stereocenters. The van der Waals surface area contributed by atoms with E-state index in [2.05, 4.69) is 30.4 Å². The van der Waals surface area contributed by atoms with Gasteiger partial charge in [0.25, 0.3) is 5.95 Å². The van der Waals surface area contributed by atoms with Gasteiger partial charge in [0.15, 0.2) is 5.65 Å². The minimum atomic E-state index is -0.333. The Morgan fingerprint density at radius 1 is 1.17 bits per heavy atom. The van der Waals surface area contributed by atoms with Crippen LogP contribution in [0.4, 0.5) is 5.82 Å². The van der Waals surface area contributed by atoms with E-state index < -0.39 is 0 Å². The maximum atomic E-state index is 9.86. The maximum Gasteiger partial charge on any atom is 0.252 e. The van der Waals surface area contributed by atoms with Crippen LogP contribution in [0.15, 0.2) is 31.0 Å². The molecular formula is C15H19N7O. The van der Waals surface area contributed by atoms with Gasteiger partial charge in [0.2, 0.25) is 0 Å². The first-order valence-electron chi connectivity index (χ1n) is 7.55. The molecule has 8 heteroatoms. The molecule has 0 aliphatic rings. The minimum absolute atomic E-state index is 0.236. The highest BCUT2D eigenvalue weighted by atomic mass is 16.3. The van der Waals surface area contributed by atoms with Crippen LogP contribution in [0.1, 0.15) is 20.3 Å². The summed E-state index contributed by atoms with van der Waals surface area (Å²) in [6.07, 6.45) is 6.80. The summed E-state index contributed by atoms with van der Waals surface area (Å²) in [5.41, 5.74) is 0.637. The fourth-order valence-electron chi connectivity index (χ4n) is 2.20. The van der Waals surface area contributed by atoms with Gasteiger partial charge in [0.05, 0.1) is 17.7 Å². The molecule has 0 aliphatic heterocycles. The maximum absolute atomic E-state index is 9.86. The molecule has 8 nitrogen and oxygen atoms in total. The number of hydrogen-bond donors (Lipinski definition) is 2. The van der Waals surface area contributed by atoms with Crippen molar-refractivity contribution in [3.63, 3.8) is 0 Å². The number of nitrogens with one attached hydrogen (secondary N) is 1. The quantitative estimate of drug-likeness (QED) is 0.709. The normalized spacial score (nSPS) is 12.7. The first kappa shape index (κ1) is 15.3. The Hall–Kier alpha value is -2.61. The van der Waals surface area contributed by atoms with E-state index in [1.807, 2.05) is 13.8 Å². The summed E-state index contributed by atoms with van der Waals surface area (Å²) in [6, 6.07) is 1.75. The Bertz CT molecular complexity index is 772. The molecule has 3 heterocycles. The highest BCUT2D eigenvalue weighted by Crippen LogP contribution is 2.20. The van der Waals surface area contributed by atoms with Crippen LogP contribution in [0.25, 0.3) is 17.0 Å². The van der Waals surface area contributed by atoms with Crippen LogP contribution >= 0.6 is 0 Å². The number of aliphatic hydroxyl groups is 1. The van der Waals surface area contributed by atoms with Crippen molar-refractivity contribution < 1.29 is 5.11 Å². The summed E-state index contributed by atoms with van der Waals surface area (Å²) in [5, 5.41) is 18.2. The molecule has 3 rings (SSSR count). The van der Waals surface area contributed by atoms with Gasteiger partial charge in [-0.25, -0.2) is 19.9 Å². The number of hydrogen-bond acceptors (Lipinski definition) is 7. The molecule has 0 aromatic carbocycles. The molecule has 0 spiro atoms. The lowest BCUT2D eigenvalue weighted by Crippen LogP contribution is -2.19. The van der Waals surface area contributed by atoms with Crippen molar-refractivity contribution in [1.29, 1.82) is 0 Å². The lowest BCUT2D eigenvalue weighted by atomic mass is 10.0. The molecule has 3 aromatic heterocycles. The van der Waals surface area contributed by atoms with Gasteiger partial charge in [-0.1, -0.05) is 13.8 Å². The topological polar surface area (TPSA) is 102 Å². The van der Waals surface area contributed by atoms with Crippen molar-refractivity contribution in [3.8, 4) is 5.95 Å². The SMILES string of the molecule is CC(C)C(O)CCNc1ncnc2c1cnn2-c1ncccn1. The second-order valence-corrected chi connectivity index (χ2v) is 5.59. The third-order valence-electron chi connectivity index (χ3n) is 3.61. The Morgan fingerprint density at radius 3 is 2.70 bits per heavy atom. The molecule has 23 heavy (non-hydrogen) atoms. The zero-order chi connectivity index (χ0) is 16.2. The zero-order valence-electron chi connectivity index (χ0n) is 13.1. The van der Waals surface area contributed by atoms with Crippen LogP contribution < -0.4 is 5.32 Å². The summed E-state index contributed by atoms with van der Waals surface area (Å²) >= 11 is 0. The highest BCUT2D eigenvalue weighted by Gasteiger charge is 2.13. The predicted molar refractivity (Wildman–Crippen MR) is 86.2 cm³/mol. The van der Waals surface area contributed by atoms with Crippen LogP contribution in [0.5, 0.6) is 0 Å². The van der Waals surface area contributed by atoms with Gasteiger partial charge in [-0.15, -0.1) is 0 Å². The standard InChI is InChI=1S/C15H19N7O/c1-10(2)12(23)4-7-16-13-11-8-21-22(14(11)20-9-19-13)15-17-5-3-6-18-15/h3,5-6,8-10,12,23H,4,7H2,1-2H3,(H,16,19,20). The van der Waals surface area contributed by atoms with Gasteiger partial charge >= 0.3 is 0 Å². The van der Waals surface area contributed by atoms with E-state index in [1.165, 1.54) is 6.33 Å². The summed E-state index contributed by atoms with van der Waals surface area (Å²) in [7, 11) is 0. The molecule has 0 aliphatic carbocycles. The second kappa shape index (κ2) is 6.66. The van der Waals surface area contributed by atoms with Gasteiger partial charge in [-0.3, -0.25) is 0 Å². The molecule has 120 valence electrons.